The van der Waals surface area contributed by atoms with Crippen LogP contribution in [0.5, 0.6) is 0 Å². The van der Waals surface area contributed by atoms with Crippen LogP contribution in [0.3, 0.4) is 0 Å². The van der Waals surface area contributed by atoms with Gasteiger partial charge >= 0.3 is 0 Å². The highest BCUT2D eigenvalue weighted by Crippen LogP contribution is 2.19. The molecule has 1 aromatic heterocycles. The molecule has 0 spiro atoms. The van der Waals surface area contributed by atoms with Gasteiger partial charge in [0.1, 0.15) is 17.6 Å². The van der Waals surface area contributed by atoms with Gasteiger partial charge < -0.3 is 15.1 Å². The highest BCUT2D eigenvalue weighted by molar-refractivity contribution is 6.42. The van der Waals surface area contributed by atoms with E-state index in [-0.39, 0.29) is 28.3 Å². The fourth-order valence-corrected chi connectivity index (χ4v) is 2.22. The predicted octanol–water partition coefficient (Wildman–Crippen LogP) is 2.95. The molecule has 0 fully saturated rings. The summed E-state index contributed by atoms with van der Waals surface area (Å²) < 4.78 is 18.6. The summed E-state index contributed by atoms with van der Waals surface area (Å²) in [5.74, 6) is -3.20. The predicted molar refractivity (Wildman–Crippen MR) is 94.7 cm³/mol. The molecule has 0 aliphatic heterocycles. The van der Waals surface area contributed by atoms with Crippen LogP contribution in [0.25, 0.3) is 0 Å². The Morgan fingerprint density at radius 2 is 1.85 bits per heavy atom. The van der Waals surface area contributed by atoms with Crippen molar-refractivity contribution in [3.63, 3.8) is 0 Å². The zero-order valence-corrected chi connectivity index (χ0v) is 15.3. The number of carbonyl (C=O) groups excluding carboxylic acids is 3. The first kappa shape index (κ1) is 19.8. The fraction of sp³-hybridized carbons (Fsp3) is 0.263. The number of furan rings is 1. The number of hydrogen-bond donors (Lipinski definition) is 2. The SMILES string of the molecule is Cc1oc(C(=O)C(=O)NC(C)(C)C)cc1C(=O)Nc1ccc(F)c(C#N)c1. The zero-order chi connectivity index (χ0) is 20.4. The van der Waals surface area contributed by atoms with E-state index in [2.05, 4.69) is 10.6 Å². The molecule has 2 amide bonds. The van der Waals surface area contributed by atoms with Gasteiger partial charge in [0.2, 0.25) is 0 Å². The molecule has 0 saturated heterocycles. The number of carbonyl (C=O) groups is 3. The monoisotopic (exact) mass is 371 g/mol. The van der Waals surface area contributed by atoms with Crippen LogP contribution in [0.1, 0.15) is 53.0 Å². The zero-order valence-electron chi connectivity index (χ0n) is 15.3. The number of Topliss-reactive ketones (excluding diaryl/α,β-unsaturated/α-hetero) is 1. The van der Waals surface area contributed by atoms with Crippen LogP contribution < -0.4 is 10.6 Å². The van der Waals surface area contributed by atoms with E-state index < -0.39 is 29.0 Å². The van der Waals surface area contributed by atoms with Crippen LogP contribution in [0.2, 0.25) is 0 Å². The van der Waals surface area contributed by atoms with E-state index in [0.29, 0.717) is 0 Å². The Kier molecular flexibility index (Phi) is 5.45. The van der Waals surface area contributed by atoms with Crippen molar-refractivity contribution >= 4 is 23.3 Å². The number of benzene rings is 1. The highest BCUT2D eigenvalue weighted by Gasteiger charge is 2.26. The molecule has 8 heteroatoms. The minimum Gasteiger partial charge on any atom is -0.457 e. The summed E-state index contributed by atoms with van der Waals surface area (Å²) in [6.07, 6.45) is 0. The largest absolute Gasteiger partial charge is 0.457 e. The first-order valence-electron chi connectivity index (χ1n) is 8.00. The minimum atomic E-state index is -0.902. The second-order valence-corrected chi connectivity index (χ2v) is 6.87. The van der Waals surface area contributed by atoms with Gasteiger partial charge in [0.15, 0.2) is 5.76 Å². The molecule has 0 bridgehead atoms. The highest BCUT2D eigenvalue weighted by atomic mass is 19.1. The number of ketones is 1. The summed E-state index contributed by atoms with van der Waals surface area (Å²) in [5.41, 5.74) is -0.566. The van der Waals surface area contributed by atoms with Crippen molar-refractivity contribution in [2.75, 3.05) is 5.32 Å². The maximum atomic E-state index is 13.4. The first-order chi connectivity index (χ1) is 12.5. The second-order valence-electron chi connectivity index (χ2n) is 6.87. The number of nitriles is 1. The van der Waals surface area contributed by atoms with E-state index in [1.807, 2.05) is 0 Å². The number of halogens is 1. The van der Waals surface area contributed by atoms with E-state index >= 15 is 0 Å². The Balaban J connectivity index is 2.20. The molecule has 1 aromatic carbocycles. The summed E-state index contributed by atoms with van der Waals surface area (Å²) in [6.45, 7) is 6.65. The molecule has 0 radical (unpaired) electrons. The number of nitrogens with one attached hydrogen (secondary N) is 2. The molecule has 2 N–H and O–H groups in total. The molecule has 0 aliphatic rings. The molecule has 0 saturated carbocycles. The standard InChI is InChI=1S/C19H18FN3O4/c1-10-13(8-15(27-10)16(24)18(26)23-19(2,3)4)17(25)22-12-5-6-14(20)11(7-12)9-21/h5-8H,1-4H3,(H,22,25)(H,23,26). The quantitative estimate of drug-likeness (QED) is 0.634. The molecular formula is C19H18FN3O4. The Hall–Kier alpha value is -3.47. The van der Waals surface area contributed by atoms with Crippen LogP contribution >= 0.6 is 0 Å². The number of rotatable bonds is 4. The van der Waals surface area contributed by atoms with Gasteiger partial charge in [-0.15, -0.1) is 0 Å². The summed E-state index contributed by atoms with van der Waals surface area (Å²) in [5, 5.41) is 13.9. The van der Waals surface area contributed by atoms with Gasteiger partial charge in [0.25, 0.3) is 17.6 Å². The molecule has 140 valence electrons. The lowest BCUT2D eigenvalue weighted by Crippen LogP contribution is -2.44. The lowest BCUT2D eigenvalue weighted by molar-refractivity contribution is -0.118. The number of aryl methyl sites for hydroxylation is 1. The Bertz CT molecular complexity index is 964. The van der Waals surface area contributed by atoms with Gasteiger partial charge in [-0.25, -0.2) is 4.39 Å². The van der Waals surface area contributed by atoms with Crippen molar-refractivity contribution < 1.29 is 23.2 Å². The molecule has 2 aromatic rings. The van der Waals surface area contributed by atoms with Crippen LogP contribution in [0.15, 0.2) is 28.7 Å². The minimum absolute atomic E-state index is 0.0461. The summed E-state index contributed by atoms with van der Waals surface area (Å²) in [7, 11) is 0. The Labute approximate surface area is 155 Å². The topological polar surface area (TPSA) is 112 Å². The number of nitrogens with zero attached hydrogens (tertiary/aromatic N) is 1. The van der Waals surface area contributed by atoms with Crippen molar-refractivity contribution in [2.45, 2.75) is 33.2 Å². The Morgan fingerprint density at radius 3 is 2.44 bits per heavy atom. The van der Waals surface area contributed by atoms with E-state index in [4.69, 9.17) is 9.68 Å². The lowest BCUT2D eigenvalue weighted by atomic mass is 10.1. The van der Waals surface area contributed by atoms with Gasteiger partial charge in [-0.3, -0.25) is 14.4 Å². The normalized spacial score (nSPS) is 10.8. The van der Waals surface area contributed by atoms with E-state index in [1.165, 1.54) is 25.1 Å². The van der Waals surface area contributed by atoms with Crippen LogP contribution in [-0.2, 0) is 4.79 Å². The maximum Gasteiger partial charge on any atom is 0.296 e. The van der Waals surface area contributed by atoms with Gasteiger partial charge in [0.05, 0.1) is 11.1 Å². The van der Waals surface area contributed by atoms with Crippen molar-refractivity contribution in [1.29, 1.82) is 5.26 Å². The number of anilines is 1. The van der Waals surface area contributed by atoms with Gasteiger partial charge in [-0.2, -0.15) is 5.26 Å². The van der Waals surface area contributed by atoms with Crippen LogP contribution in [-0.4, -0.2) is 23.1 Å². The second kappa shape index (κ2) is 7.41. The van der Waals surface area contributed by atoms with Crippen molar-refractivity contribution in [3.8, 4) is 6.07 Å². The molecular weight excluding hydrogens is 353 g/mol. The smallest absolute Gasteiger partial charge is 0.296 e. The van der Waals surface area contributed by atoms with Gasteiger partial charge in [0, 0.05) is 17.3 Å². The average molecular weight is 371 g/mol. The summed E-state index contributed by atoms with van der Waals surface area (Å²) in [6, 6.07) is 6.39. The van der Waals surface area contributed by atoms with Crippen molar-refractivity contribution in [1.82, 2.24) is 5.32 Å². The van der Waals surface area contributed by atoms with Crippen LogP contribution in [0, 0.1) is 24.1 Å². The third-order valence-corrected chi connectivity index (χ3v) is 3.43. The first-order valence-corrected chi connectivity index (χ1v) is 8.00. The van der Waals surface area contributed by atoms with Crippen molar-refractivity contribution in [2.24, 2.45) is 0 Å². The van der Waals surface area contributed by atoms with Crippen LogP contribution in [0.4, 0.5) is 10.1 Å². The molecule has 27 heavy (non-hydrogen) atoms. The lowest BCUT2D eigenvalue weighted by Gasteiger charge is -2.19. The summed E-state index contributed by atoms with van der Waals surface area (Å²) in [4.78, 5) is 36.5. The Morgan fingerprint density at radius 1 is 1.19 bits per heavy atom. The molecule has 0 unspecified atom stereocenters. The molecule has 0 aliphatic carbocycles. The van der Waals surface area contributed by atoms with Crippen molar-refractivity contribution in [3.05, 3.63) is 52.7 Å². The van der Waals surface area contributed by atoms with E-state index in [9.17, 15) is 18.8 Å². The molecule has 0 atom stereocenters. The van der Waals surface area contributed by atoms with Gasteiger partial charge in [-0.1, -0.05) is 0 Å². The fourth-order valence-electron chi connectivity index (χ4n) is 2.22. The van der Waals surface area contributed by atoms with Gasteiger partial charge in [-0.05, 0) is 45.9 Å². The van der Waals surface area contributed by atoms with E-state index in [0.717, 1.165) is 6.07 Å². The maximum absolute atomic E-state index is 13.4. The molecule has 2 rings (SSSR count). The molecule has 1 heterocycles. The average Bonchev–Trinajstić information content (AvgIpc) is 2.96. The number of amides is 2. The third kappa shape index (κ3) is 4.79. The van der Waals surface area contributed by atoms with E-state index in [1.54, 1.807) is 26.8 Å². The third-order valence-electron chi connectivity index (χ3n) is 3.43. The summed E-state index contributed by atoms with van der Waals surface area (Å²) >= 11 is 0. The molecule has 7 nitrogen and oxygen atoms in total. The number of hydrogen-bond acceptors (Lipinski definition) is 5.